The molecule has 0 saturated heterocycles. The number of hydrogen-bond acceptors (Lipinski definition) is 4. The van der Waals surface area contributed by atoms with Gasteiger partial charge in [-0.15, -0.1) is 0 Å². The maximum absolute atomic E-state index is 12.8. The molecule has 2 aromatic carbocycles. The minimum atomic E-state index is -0.545. The number of carbonyl (C=O) groups excluding carboxylic acids is 4. The molecule has 1 atom stereocenters. The summed E-state index contributed by atoms with van der Waals surface area (Å²) in [6.45, 7) is 0.617. The van der Waals surface area contributed by atoms with Crippen LogP contribution in [0.3, 0.4) is 0 Å². The van der Waals surface area contributed by atoms with Crippen LogP contribution in [0.1, 0.15) is 47.2 Å². The molecule has 3 amide bonds. The molecule has 1 aliphatic carbocycles. The molecule has 0 spiro atoms. The lowest BCUT2D eigenvalue weighted by atomic mass is 10.1. The number of amides is 3. The van der Waals surface area contributed by atoms with Crippen molar-refractivity contribution >= 4 is 40.8 Å². The number of hydrogen-bond donors (Lipinski definition) is 2. The number of rotatable bonds is 4. The average molecular weight is 440 g/mol. The van der Waals surface area contributed by atoms with Gasteiger partial charge in [-0.3, -0.25) is 14.4 Å². The minimum Gasteiger partial charge on any atom is -0.334 e. The fourth-order valence-electron chi connectivity index (χ4n) is 4.07. The van der Waals surface area contributed by atoms with Gasteiger partial charge in [0.05, 0.1) is 12.5 Å². The van der Waals surface area contributed by atoms with E-state index in [9.17, 15) is 19.2 Å². The monoisotopic (exact) mass is 439 g/mol. The number of halogens is 1. The number of Topliss-reactive ketones (excluding diaryl/α,β-unsaturated/α-hetero) is 2. The van der Waals surface area contributed by atoms with Crippen molar-refractivity contribution in [3.8, 4) is 0 Å². The zero-order valence-corrected chi connectivity index (χ0v) is 17.6. The van der Waals surface area contributed by atoms with Gasteiger partial charge >= 0.3 is 6.03 Å². The Hall–Kier alpha value is -3.19. The van der Waals surface area contributed by atoms with Crippen molar-refractivity contribution in [3.63, 3.8) is 0 Å². The highest BCUT2D eigenvalue weighted by molar-refractivity contribution is 6.30. The summed E-state index contributed by atoms with van der Waals surface area (Å²) in [5.74, 6) is -0.412. The van der Waals surface area contributed by atoms with Crippen molar-refractivity contribution in [2.75, 3.05) is 5.32 Å². The summed E-state index contributed by atoms with van der Waals surface area (Å²) in [6, 6.07) is 11.3. The molecule has 0 aromatic heterocycles. The molecule has 31 heavy (non-hydrogen) atoms. The Morgan fingerprint density at radius 3 is 2.77 bits per heavy atom. The van der Waals surface area contributed by atoms with Gasteiger partial charge in [-0.1, -0.05) is 29.8 Å². The fourth-order valence-corrected chi connectivity index (χ4v) is 4.26. The Morgan fingerprint density at radius 1 is 1.13 bits per heavy atom. The van der Waals surface area contributed by atoms with Crippen molar-refractivity contribution < 1.29 is 19.2 Å². The highest BCUT2D eigenvalue weighted by atomic mass is 35.5. The number of carbonyl (C=O) groups is 4. The van der Waals surface area contributed by atoms with E-state index in [-0.39, 0.29) is 36.5 Å². The Kier molecular flexibility index (Phi) is 6.04. The number of fused-ring (bicyclic) bond motifs is 1. The van der Waals surface area contributed by atoms with Gasteiger partial charge in [0.15, 0.2) is 5.78 Å². The maximum Gasteiger partial charge on any atom is 0.319 e. The van der Waals surface area contributed by atoms with Gasteiger partial charge in [0.25, 0.3) is 5.91 Å². The molecule has 0 radical (unpaired) electrons. The molecular weight excluding hydrogens is 418 g/mol. The van der Waals surface area contributed by atoms with Crippen molar-refractivity contribution in [3.05, 3.63) is 64.2 Å². The van der Waals surface area contributed by atoms with E-state index in [1.165, 1.54) is 0 Å². The van der Waals surface area contributed by atoms with E-state index in [4.69, 9.17) is 11.6 Å². The first-order chi connectivity index (χ1) is 14.9. The van der Waals surface area contributed by atoms with Crippen LogP contribution in [0.25, 0.3) is 0 Å². The average Bonchev–Trinajstić information content (AvgIpc) is 2.94. The highest BCUT2D eigenvalue weighted by Crippen LogP contribution is 2.29. The Balaban J connectivity index is 1.39. The molecule has 2 N–H and O–H groups in total. The largest absolute Gasteiger partial charge is 0.334 e. The second kappa shape index (κ2) is 8.89. The van der Waals surface area contributed by atoms with Crippen LogP contribution < -0.4 is 10.6 Å². The summed E-state index contributed by atoms with van der Waals surface area (Å²) in [5.41, 5.74) is 2.82. The van der Waals surface area contributed by atoms with E-state index < -0.39 is 6.04 Å². The van der Waals surface area contributed by atoms with E-state index in [0.29, 0.717) is 42.1 Å². The van der Waals surface area contributed by atoms with E-state index in [1.54, 1.807) is 41.3 Å². The quantitative estimate of drug-likeness (QED) is 0.561. The summed E-state index contributed by atoms with van der Waals surface area (Å²) in [7, 11) is 0. The van der Waals surface area contributed by atoms with Gasteiger partial charge < -0.3 is 15.5 Å². The number of nitrogens with zero attached hydrogens (tertiary/aromatic N) is 1. The fraction of sp³-hybridized carbons (Fsp3) is 0.304. The number of benzene rings is 2. The lowest BCUT2D eigenvalue weighted by molar-refractivity contribution is -0.128. The molecular formula is C23H22ClN3O4. The molecule has 0 bridgehead atoms. The molecule has 2 aromatic rings. The Bertz CT molecular complexity index is 1070. The van der Waals surface area contributed by atoms with E-state index in [2.05, 4.69) is 10.6 Å². The van der Waals surface area contributed by atoms with E-state index in [0.717, 1.165) is 11.1 Å². The zero-order chi connectivity index (χ0) is 22.0. The van der Waals surface area contributed by atoms with Gasteiger partial charge in [-0.25, -0.2) is 4.79 Å². The maximum atomic E-state index is 12.8. The molecule has 8 heteroatoms. The van der Waals surface area contributed by atoms with Crippen LogP contribution in [-0.4, -0.2) is 34.4 Å². The molecule has 1 unspecified atom stereocenters. The van der Waals surface area contributed by atoms with Gasteiger partial charge in [-0.05, 0) is 48.2 Å². The van der Waals surface area contributed by atoms with Crippen molar-refractivity contribution in [2.45, 2.75) is 44.8 Å². The van der Waals surface area contributed by atoms with Crippen LogP contribution in [0.5, 0.6) is 0 Å². The second-order valence-electron chi connectivity index (χ2n) is 7.83. The first-order valence-corrected chi connectivity index (χ1v) is 10.6. The summed E-state index contributed by atoms with van der Waals surface area (Å²) < 4.78 is 0. The molecule has 1 heterocycles. The van der Waals surface area contributed by atoms with Crippen molar-refractivity contribution in [1.29, 1.82) is 0 Å². The number of ketones is 2. The second-order valence-corrected chi connectivity index (χ2v) is 8.27. The third-order valence-electron chi connectivity index (χ3n) is 5.59. The molecule has 4 rings (SSSR count). The first-order valence-electron chi connectivity index (χ1n) is 10.2. The number of urea groups is 1. The Labute approximate surface area is 184 Å². The van der Waals surface area contributed by atoms with Crippen LogP contribution in [0.15, 0.2) is 42.5 Å². The van der Waals surface area contributed by atoms with Crippen LogP contribution in [0.2, 0.25) is 5.02 Å². The predicted octanol–water partition coefficient (Wildman–Crippen LogP) is 3.70. The molecule has 1 fully saturated rings. The predicted molar refractivity (Wildman–Crippen MR) is 116 cm³/mol. The normalized spacial score (nSPS) is 18.5. The summed E-state index contributed by atoms with van der Waals surface area (Å²) in [6.07, 6.45) is 1.43. The van der Waals surface area contributed by atoms with Gasteiger partial charge in [0.2, 0.25) is 0 Å². The molecule has 1 saturated carbocycles. The molecule has 1 aliphatic heterocycles. The molecule has 7 nitrogen and oxygen atoms in total. The first kappa shape index (κ1) is 21.1. The standard InChI is InChI=1S/C23H22ClN3O4/c24-16-3-1-4-17(10-16)26-23(31)25-12-14-7-8-19-15(9-14)13-27(22(19)30)20-6-2-5-18(28)11-21(20)29/h1,3-4,7-10,20H,2,5-6,11-13H2,(H2,25,26,31). The van der Waals surface area contributed by atoms with Crippen molar-refractivity contribution in [1.82, 2.24) is 10.2 Å². The third kappa shape index (κ3) is 4.77. The third-order valence-corrected chi connectivity index (χ3v) is 5.82. The number of anilines is 1. The summed E-state index contributed by atoms with van der Waals surface area (Å²) >= 11 is 5.92. The van der Waals surface area contributed by atoms with Gasteiger partial charge in [0.1, 0.15) is 5.78 Å². The van der Waals surface area contributed by atoms with Crippen LogP contribution >= 0.6 is 11.6 Å². The lowest BCUT2D eigenvalue weighted by Crippen LogP contribution is -2.41. The topological polar surface area (TPSA) is 95.6 Å². The SMILES string of the molecule is O=C1CCCC(N2Cc3cc(CNC(=O)Nc4cccc(Cl)c4)ccc3C2=O)C(=O)C1. The summed E-state index contributed by atoms with van der Waals surface area (Å²) in [4.78, 5) is 50.7. The van der Waals surface area contributed by atoms with Crippen LogP contribution in [-0.2, 0) is 22.7 Å². The van der Waals surface area contributed by atoms with Crippen LogP contribution in [0, 0.1) is 0 Å². The summed E-state index contributed by atoms with van der Waals surface area (Å²) in [5, 5.41) is 6.03. The lowest BCUT2D eigenvalue weighted by Gasteiger charge is -2.25. The van der Waals surface area contributed by atoms with Crippen molar-refractivity contribution in [2.24, 2.45) is 0 Å². The smallest absolute Gasteiger partial charge is 0.319 e. The Morgan fingerprint density at radius 2 is 1.97 bits per heavy atom. The van der Waals surface area contributed by atoms with E-state index in [1.807, 2.05) is 6.07 Å². The molecule has 2 aliphatic rings. The zero-order valence-electron chi connectivity index (χ0n) is 16.8. The number of nitrogens with one attached hydrogen (secondary N) is 2. The van der Waals surface area contributed by atoms with Gasteiger partial charge in [-0.2, -0.15) is 0 Å². The van der Waals surface area contributed by atoms with E-state index >= 15 is 0 Å². The highest BCUT2D eigenvalue weighted by Gasteiger charge is 2.37. The van der Waals surface area contributed by atoms with Gasteiger partial charge in [0, 0.05) is 35.8 Å². The minimum absolute atomic E-state index is 0.0546. The van der Waals surface area contributed by atoms with Crippen LogP contribution in [0.4, 0.5) is 10.5 Å². The molecule has 160 valence electrons.